The van der Waals surface area contributed by atoms with Gasteiger partial charge in [-0.1, -0.05) is 11.3 Å². The Kier molecular flexibility index (Phi) is 5.88. The van der Waals surface area contributed by atoms with E-state index < -0.39 is 0 Å². The number of nitrogens with zero attached hydrogens (tertiary/aromatic N) is 3. The minimum Gasteiger partial charge on any atom is -0.459 e. The maximum absolute atomic E-state index is 12.9. The lowest BCUT2D eigenvalue weighted by Crippen LogP contribution is -2.33. The summed E-state index contributed by atoms with van der Waals surface area (Å²) >= 11 is 1.46. The molecule has 0 unspecified atom stereocenters. The van der Waals surface area contributed by atoms with Gasteiger partial charge in [-0.05, 0) is 39.2 Å². The van der Waals surface area contributed by atoms with Gasteiger partial charge in [0.25, 0.3) is 5.91 Å². The lowest BCUT2D eigenvalue weighted by molar-refractivity contribution is 0.0959. The molecule has 0 N–H and O–H groups in total. The van der Waals surface area contributed by atoms with Gasteiger partial charge in [-0.3, -0.25) is 9.69 Å². The molecule has 3 aromatic rings. The molecule has 7 nitrogen and oxygen atoms in total. The molecule has 1 aromatic carbocycles. The molecule has 0 saturated carbocycles. The largest absolute Gasteiger partial charge is 0.459 e. The van der Waals surface area contributed by atoms with E-state index in [1.54, 1.807) is 17.0 Å². The van der Waals surface area contributed by atoms with Crippen LogP contribution in [0.3, 0.4) is 0 Å². The van der Waals surface area contributed by atoms with Gasteiger partial charge in [0.15, 0.2) is 22.4 Å². The first-order valence-electron chi connectivity index (χ1n) is 8.32. The van der Waals surface area contributed by atoms with Crippen molar-refractivity contribution in [2.24, 2.45) is 0 Å². The van der Waals surface area contributed by atoms with Crippen molar-refractivity contribution in [2.75, 3.05) is 38.9 Å². The Hall–Kier alpha value is -2.29. The third kappa shape index (κ3) is 4.02. The summed E-state index contributed by atoms with van der Waals surface area (Å²) in [4.78, 5) is 21.3. The van der Waals surface area contributed by atoms with Gasteiger partial charge in [0, 0.05) is 18.7 Å². The Morgan fingerprint density at radius 2 is 2.00 bits per heavy atom. The molecule has 4 rings (SSSR count). The van der Waals surface area contributed by atoms with Gasteiger partial charge >= 0.3 is 0 Å². The van der Waals surface area contributed by atoms with Crippen LogP contribution in [0.5, 0.6) is 11.5 Å². The highest BCUT2D eigenvalue weighted by Crippen LogP contribution is 2.40. The van der Waals surface area contributed by atoms with E-state index in [2.05, 4.69) is 9.88 Å². The van der Waals surface area contributed by atoms with Gasteiger partial charge < -0.3 is 18.8 Å². The van der Waals surface area contributed by atoms with Crippen molar-refractivity contribution in [1.82, 2.24) is 9.88 Å². The third-order valence-electron chi connectivity index (χ3n) is 4.07. The number of amides is 1. The second kappa shape index (κ2) is 8.16. The van der Waals surface area contributed by atoms with Crippen molar-refractivity contribution >= 4 is 45.0 Å². The molecule has 0 aliphatic carbocycles. The van der Waals surface area contributed by atoms with E-state index in [1.165, 1.54) is 17.6 Å². The van der Waals surface area contributed by atoms with Crippen LogP contribution in [-0.2, 0) is 0 Å². The van der Waals surface area contributed by atoms with Crippen molar-refractivity contribution < 1.29 is 18.7 Å². The lowest BCUT2D eigenvalue weighted by Gasteiger charge is -2.19. The molecule has 0 saturated heterocycles. The monoisotopic (exact) mass is 409 g/mol. The van der Waals surface area contributed by atoms with Crippen LogP contribution in [-0.4, -0.2) is 49.8 Å². The number of furan rings is 1. The summed E-state index contributed by atoms with van der Waals surface area (Å²) in [6.45, 7) is 1.67. The molecule has 1 amide bonds. The average molecular weight is 410 g/mol. The highest BCUT2D eigenvalue weighted by molar-refractivity contribution is 7.22. The zero-order chi connectivity index (χ0) is 18.1. The van der Waals surface area contributed by atoms with Gasteiger partial charge in [-0.25, -0.2) is 4.98 Å². The number of aromatic nitrogens is 1. The molecular weight excluding hydrogens is 390 g/mol. The molecule has 144 valence electrons. The van der Waals surface area contributed by atoms with E-state index in [0.717, 1.165) is 23.2 Å². The fourth-order valence-electron chi connectivity index (χ4n) is 2.78. The van der Waals surface area contributed by atoms with E-state index in [9.17, 15) is 4.79 Å². The van der Waals surface area contributed by atoms with Gasteiger partial charge in [0.05, 0.1) is 16.5 Å². The highest BCUT2D eigenvalue weighted by Gasteiger charge is 2.24. The summed E-state index contributed by atoms with van der Waals surface area (Å²) in [5.74, 6) is 1.52. The summed E-state index contributed by atoms with van der Waals surface area (Å²) in [6.07, 6.45) is 2.33. The summed E-state index contributed by atoms with van der Waals surface area (Å²) in [7, 11) is 4.02. The fraction of sp³-hybridized carbons (Fsp3) is 0.333. The summed E-state index contributed by atoms with van der Waals surface area (Å²) in [5, 5.41) is 0.642. The number of halogens is 1. The minimum atomic E-state index is -0.187. The predicted molar refractivity (Wildman–Crippen MR) is 107 cm³/mol. The standard InChI is InChI=1S/C18H19N3O4S.ClH/c1-20(2)6-4-7-21(17(22)13-5-3-8-23-13)18-19-12-9-14-15(25-11-24-14)10-16(12)26-18;/h3,5,8-10H,4,6-7,11H2,1-2H3;1H. The zero-order valence-electron chi connectivity index (χ0n) is 15.0. The summed E-state index contributed by atoms with van der Waals surface area (Å²) in [5.41, 5.74) is 0.791. The van der Waals surface area contributed by atoms with E-state index in [-0.39, 0.29) is 25.1 Å². The Morgan fingerprint density at radius 1 is 1.22 bits per heavy atom. The molecule has 1 aliphatic rings. The molecule has 27 heavy (non-hydrogen) atoms. The molecule has 0 bridgehead atoms. The van der Waals surface area contributed by atoms with Crippen molar-refractivity contribution in [3.05, 3.63) is 36.3 Å². The van der Waals surface area contributed by atoms with Gasteiger partial charge in [0.2, 0.25) is 6.79 Å². The first-order valence-corrected chi connectivity index (χ1v) is 9.14. The normalized spacial score (nSPS) is 12.4. The van der Waals surface area contributed by atoms with E-state index in [0.29, 0.717) is 28.9 Å². The first-order chi connectivity index (χ1) is 12.6. The molecule has 0 fully saturated rings. The molecule has 0 radical (unpaired) electrons. The number of rotatable bonds is 6. The van der Waals surface area contributed by atoms with Gasteiger partial charge in [0.1, 0.15) is 0 Å². The minimum absolute atomic E-state index is 0. The maximum atomic E-state index is 12.9. The second-order valence-electron chi connectivity index (χ2n) is 6.26. The topological polar surface area (TPSA) is 68.0 Å². The van der Waals surface area contributed by atoms with Crippen molar-refractivity contribution in [3.8, 4) is 11.5 Å². The van der Waals surface area contributed by atoms with Crippen LogP contribution < -0.4 is 14.4 Å². The molecule has 3 heterocycles. The Bertz CT molecular complexity index is 885. The summed E-state index contributed by atoms with van der Waals surface area (Å²) in [6, 6.07) is 7.15. The number of carbonyl (C=O) groups excluding carboxylic acids is 1. The van der Waals surface area contributed by atoms with Crippen LogP contribution in [0.2, 0.25) is 0 Å². The van der Waals surface area contributed by atoms with Crippen LogP contribution in [0, 0.1) is 0 Å². The molecule has 1 aliphatic heterocycles. The molecular formula is C18H20ClN3O4S. The third-order valence-corrected chi connectivity index (χ3v) is 5.11. The number of ether oxygens (including phenoxy) is 2. The van der Waals surface area contributed by atoms with Crippen molar-refractivity contribution in [1.29, 1.82) is 0 Å². The smallest absolute Gasteiger partial charge is 0.295 e. The highest BCUT2D eigenvalue weighted by atomic mass is 35.5. The van der Waals surface area contributed by atoms with Crippen LogP contribution in [0.25, 0.3) is 10.2 Å². The van der Waals surface area contributed by atoms with Crippen molar-refractivity contribution in [2.45, 2.75) is 6.42 Å². The molecule has 2 aromatic heterocycles. The number of hydrogen-bond acceptors (Lipinski definition) is 7. The SMILES string of the molecule is CN(C)CCCN(C(=O)c1ccco1)c1nc2cc3c(cc2s1)OCO3.Cl. The van der Waals surface area contributed by atoms with Gasteiger partial charge in [-0.15, -0.1) is 12.4 Å². The molecule has 0 atom stereocenters. The number of carbonyl (C=O) groups is 1. The second-order valence-corrected chi connectivity index (χ2v) is 7.27. The Morgan fingerprint density at radius 3 is 2.70 bits per heavy atom. The van der Waals surface area contributed by atoms with Crippen LogP contribution in [0.1, 0.15) is 17.0 Å². The van der Waals surface area contributed by atoms with E-state index in [1.807, 2.05) is 26.2 Å². The predicted octanol–water partition coefficient (Wildman–Crippen LogP) is 3.64. The Balaban J connectivity index is 0.00000210. The van der Waals surface area contributed by atoms with Crippen molar-refractivity contribution in [3.63, 3.8) is 0 Å². The van der Waals surface area contributed by atoms with Gasteiger partial charge in [-0.2, -0.15) is 0 Å². The zero-order valence-corrected chi connectivity index (χ0v) is 16.6. The first kappa shape index (κ1) is 19.5. The summed E-state index contributed by atoms with van der Waals surface area (Å²) < 4.78 is 17.1. The fourth-order valence-corrected chi connectivity index (χ4v) is 3.78. The molecule has 0 spiro atoms. The van der Waals surface area contributed by atoms with Crippen LogP contribution >= 0.6 is 23.7 Å². The molecule has 9 heteroatoms. The maximum Gasteiger partial charge on any atom is 0.295 e. The van der Waals surface area contributed by atoms with Crippen LogP contribution in [0.15, 0.2) is 34.9 Å². The number of benzene rings is 1. The number of hydrogen-bond donors (Lipinski definition) is 0. The number of fused-ring (bicyclic) bond motifs is 2. The quantitative estimate of drug-likeness (QED) is 0.619. The van der Waals surface area contributed by atoms with E-state index >= 15 is 0 Å². The number of anilines is 1. The lowest BCUT2D eigenvalue weighted by atomic mass is 10.3. The van der Waals surface area contributed by atoms with Crippen LogP contribution in [0.4, 0.5) is 5.13 Å². The average Bonchev–Trinajstić information content (AvgIpc) is 3.35. The van der Waals surface area contributed by atoms with E-state index in [4.69, 9.17) is 13.9 Å². The Labute approximate surface area is 166 Å². The number of thiazole rings is 1.